The summed E-state index contributed by atoms with van der Waals surface area (Å²) in [6, 6.07) is 5.46. The summed E-state index contributed by atoms with van der Waals surface area (Å²) in [6.07, 6.45) is -4.59. The summed E-state index contributed by atoms with van der Waals surface area (Å²) in [5, 5.41) is 15.1. The Bertz CT molecular complexity index is 674. The van der Waals surface area contributed by atoms with Gasteiger partial charge in [-0.2, -0.15) is 13.2 Å². The molecule has 5 nitrogen and oxygen atoms in total. The Hall–Kier alpha value is -2.35. The molecular weight excluding hydrogens is 313 g/mol. The lowest BCUT2D eigenvalue weighted by atomic mass is 10.2. The summed E-state index contributed by atoms with van der Waals surface area (Å²) < 4.78 is 42.1. The maximum absolute atomic E-state index is 12.3. The Morgan fingerprint density at radius 3 is 2.43 bits per heavy atom. The molecule has 0 aliphatic heterocycles. The maximum atomic E-state index is 12.3. The van der Waals surface area contributed by atoms with Gasteiger partial charge in [-0.05, 0) is 24.3 Å². The van der Waals surface area contributed by atoms with Crippen molar-refractivity contribution in [2.75, 3.05) is 0 Å². The molecule has 0 fully saturated rings. The van der Waals surface area contributed by atoms with Crippen molar-refractivity contribution in [3.05, 3.63) is 46.6 Å². The topological polar surface area (TPSA) is 72.3 Å². The second-order valence-electron chi connectivity index (χ2n) is 3.80. The number of nitrogens with zero attached hydrogens (tertiary/aromatic N) is 2. The number of aromatic carboxylic acids is 1. The minimum Gasteiger partial charge on any atom is -0.478 e. The first-order valence-corrected chi connectivity index (χ1v) is 5.77. The number of benzene rings is 1. The van der Waals surface area contributed by atoms with Crippen LogP contribution in [0, 0.1) is 0 Å². The molecule has 0 atom stereocenters. The number of rotatable bonds is 3. The predicted octanol–water partition coefficient (Wildman–Crippen LogP) is 3.64. The molecule has 0 saturated heterocycles. The average Bonchev–Trinajstić information content (AvgIpc) is 2.40. The lowest BCUT2D eigenvalue weighted by Gasteiger charge is -2.07. The fraction of sp³-hybridized carbons (Fsp3) is 0.0833. The fourth-order valence-corrected chi connectivity index (χ4v) is 1.58. The normalized spacial score (nSPS) is 11.2. The first-order valence-electron chi connectivity index (χ1n) is 5.39. The highest BCUT2D eigenvalue weighted by Crippen LogP contribution is 2.29. The first kappa shape index (κ1) is 15.0. The van der Waals surface area contributed by atoms with Gasteiger partial charge < -0.3 is 9.84 Å². The molecule has 2 rings (SSSR count). The molecule has 1 aromatic carbocycles. The highest BCUT2D eigenvalue weighted by atomic mass is 35.5. The van der Waals surface area contributed by atoms with Crippen molar-refractivity contribution < 1.29 is 27.8 Å². The zero-order chi connectivity index (χ0) is 15.6. The van der Waals surface area contributed by atoms with E-state index in [9.17, 15) is 18.0 Å². The van der Waals surface area contributed by atoms with Crippen LogP contribution in [0.2, 0.25) is 5.02 Å². The largest absolute Gasteiger partial charge is 0.478 e. The van der Waals surface area contributed by atoms with Crippen LogP contribution in [0.15, 0.2) is 30.3 Å². The van der Waals surface area contributed by atoms with Crippen LogP contribution < -0.4 is 4.74 Å². The van der Waals surface area contributed by atoms with Crippen LogP contribution in [-0.4, -0.2) is 21.3 Å². The molecule has 1 N–H and O–H groups in total. The van der Waals surface area contributed by atoms with Crippen molar-refractivity contribution in [2.45, 2.75) is 6.18 Å². The Morgan fingerprint density at radius 1 is 1.19 bits per heavy atom. The number of carbonyl (C=O) groups is 1. The molecular formula is C12H6ClF3N2O3. The SMILES string of the molecule is O=C(O)c1cc(Oc2ccc(C(F)(F)F)nn2)ccc1Cl. The van der Waals surface area contributed by atoms with Gasteiger partial charge in [0.15, 0.2) is 5.69 Å². The summed E-state index contributed by atoms with van der Waals surface area (Å²) in [5.41, 5.74) is -1.36. The van der Waals surface area contributed by atoms with Crippen LogP contribution >= 0.6 is 11.6 Å². The zero-order valence-electron chi connectivity index (χ0n) is 10.1. The van der Waals surface area contributed by atoms with Crippen molar-refractivity contribution >= 4 is 17.6 Å². The van der Waals surface area contributed by atoms with E-state index in [-0.39, 0.29) is 22.2 Å². The lowest BCUT2D eigenvalue weighted by Crippen LogP contribution is -2.08. The summed E-state index contributed by atoms with van der Waals surface area (Å²) in [5.74, 6) is -1.41. The highest BCUT2D eigenvalue weighted by Gasteiger charge is 2.33. The van der Waals surface area contributed by atoms with Crippen LogP contribution in [0.1, 0.15) is 16.1 Å². The lowest BCUT2D eigenvalue weighted by molar-refractivity contribution is -0.141. The van der Waals surface area contributed by atoms with E-state index in [0.29, 0.717) is 6.07 Å². The monoisotopic (exact) mass is 318 g/mol. The molecule has 0 unspecified atom stereocenters. The van der Waals surface area contributed by atoms with Gasteiger partial charge in [-0.15, -0.1) is 10.2 Å². The van der Waals surface area contributed by atoms with Crippen LogP contribution in [-0.2, 0) is 6.18 Å². The predicted molar refractivity (Wildman–Crippen MR) is 65.5 cm³/mol. The van der Waals surface area contributed by atoms with Crippen LogP contribution in [0.25, 0.3) is 0 Å². The molecule has 2 aromatic rings. The van der Waals surface area contributed by atoms with Crippen molar-refractivity contribution in [3.8, 4) is 11.6 Å². The maximum Gasteiger partial charge on any atom is 0.435 e. The number of halogens is 4. The molecule has 0 aliphatic carbocycles. The van der Waals surface area contributed by atoms with Crippen LogP contribution in [0.5, 0.6) is 11.6 Å². The standard InChI is InChI=1S/C12H6ClF3N2O3/c13-8-2-1-6(5-7(8)11(19)20)21-10-4-3-9(17-18-10)12(14,15)16/h1-5H,(H,19,20). The average molecular weight is 319 g/mol. The van der Waals surface area contributed by atoms with Gasteiger partial charge in [0.05, 0.1) is 10.6 Å². The van der Waals surface area contributed by atoms with Gasteiger partial charge in [0.2, 0.25) is 5.88 Å². The van der Waals surface area contributed by atoms with Crippen LogP contribution in [0.4, 0.5) is 13.2 Å². The summed E-state index contributed by atoms with van der Waals surface area (Å²) in [7, 11) is 0. The van der Waals surface area contributed by atoms with Crippen molar-refractivity contribution in [2.24, 2.45) is 0 Å². The van der Waals surface area contributed by atoms with E-state index < -0.39 is 17.8 Å². The molecule has 0 aliphatic rings. The van der Waals surface area contributed by atoms with E-state index in [0.717, 1.165) is 12.1 Å². The molecule has 0 amide bonds. The van der Waals surface area contributed by atoms with E-state index in [1.165, 1.54) is 12.1 Å². The fourth-order valence-electron chi connectivity index (χ4n) is 1.38. The third-order valence-electron chi connectivity index (χ3n) is 2.32. The molecule has 0 spiro atoms. The minimum atomic E-state index is -4.59. The molecule has 21 heavy (non-hydrogen) atoms. The van der Waals surface area contributed by atoms with Crippen molar-refractivity contribution in [3.63, 3.8) is 0 Å². The third kappa shape index (κ3) is 3.60. The van der Waals surface area contributed by atoms with Crippen molar-refractivity contribution in [1.29, 1.82) is 0 Å². The number of ether oxygens (including phenoxy) is 1. The number of aromatic nitrogens is 2. The first-order chi connectivity index (χ1) is 9.77. The Kier molecular flexibility index (Phi) is 3.99. The van der Waals surface area contributed by atoms with E-state index in [1.54, 1.807) is 0 Å². The second kappa shape index (κ2) is 5.57. The zero-order valence-corrected chi connectivity index (χ0v) is 10.8. The smallest absolute Gasteiger partial charge is 0.435 e. The molecule has 110 valence electrons. The van der Waals surface area contributed by atoms with Gasteiger partial charge >= 0.3 is 12.1 Å². The number of alkyl halides is 3. The Balaban J connectivity index is 2.22. The van der Waals surface area contributed by atoms with E-state index in [4.69, 9.17) is 21.4 Å². The molecule has 9 heteroatoms. The summed E-state index contributed by atoms with van der Waals surface area (Å²) in [6.45, 7) is 0. The highest BCUT2D eigenvalue weighted by molar-refractivity contribution is 6.33. The third-order valence-corrected chi connectivity index (χ3v) is 2.65. The van der Waals surface area contributed by atoms with E-state index >= 15 is 0 Å². The van der Waals surface area contributed by atoms with Gasteiger partial charge in [0, 0.05) is 6.07 Å². The molecule has 0 radical (unpaired) electrons. The van der Waals surface area contributed by atoms with Crippen LogP contribution in [0.3, 0.4) is 0 Å². The Labute approximate surface area is 120 Å². The van der Waals surface area contributed by atoms with Gasteiger partial charge in [0.1, 0.15) is 5.75 Å². The van der Waals surface area contributed by atoms with Gasteiger partial charge in [-0.1, -0.05) is 11.6 Å². The van der Waals surface area contributed by atoms with Gasteiger partial charge in [0.25, 0.3) is 0 Å². The number of carboxylic acids is 1. The number of hydrogen-bond donors (Lipinski definition) is 1. The van der Waals surface area contributed by atoms with Crippen molar-refractivity contribution in [1.82, 2.24) is 10.2 Å². The molecule has 1 aromatic heterocycles. The summed E-state index contributed by atoms with van der Waals surface area (Å²) in [4.78, 5) is 10.9. The number of carboxylic acid groups (broad SMARTS) is 1. The Morgan fingerprint density at radius 2 is 1.90 bits per heavy atom. The minimum absolute atomic E-state index is 0.00773. The van der Waals surface area contributed by atoms with Gasteiger partial charge in [-0.25, -0.2) is 4.79 Å². The van der Waals surface area contributed by atoms with E-state index in [1.807, 2.05) is 0 Å². The van der Waals surface area contributed by atoms with Gasteiger partial charge in [-0.3, -0.25) is 0 Å². The molecule has 0 saturated carbocycles. The molecule has 1 heterocycles. The van der Waals surface area contributed by atoms with E-state index in [2.05, 4.69) is 10.2 Å². The quantitative estimate of drug-likeness (QED) is 0.935. The second-order valence-corrected chi connectivity index (χ2v) is 4.21. The summed E-state index contributed by atoms with van der Waals surface area (Å²) >= 11 is 5.68. The molecule has 0 bridgehead atoms. The number of hydrogen-bond acceptors (Lipinski definition) is 4.